The number of aromatic nitrogens is 2. The van der Waals surface area contributed by atoms with E-state index in [1.807, 2.05) is 72.8 Å². The fourth-order valence-electron chi connectivity index (χ4n) is 4.76. The Hall–Kier alpha value is -4.82. The van der Waals surface area contributed by atoms with Crippen LogP contribution >= 0.6 is 11.6 Å². The van der Waals surface area contributed by atoms with Gasteiger partial charge in [-0.25, -0.2) is 15.0 Å². The van der Waals surface area contributed by atoms with E-state index in [0.717, 1.165) is 39.2 Å². The number of nitro benzene ring substituents is 1. The van der Waals surface area contributed by atoms with E-state index in [9.17, 15) is 10.1 Å². The largest absolute Gasteiger partial charge is 0.497 e. The van der Waals surface area contributed by atoms with Crippen molar-refractivity contribution in [2.75, 3.05) is 12.1 Å². The Labute approximate surface area is 229 Å². The Morgan fingerprint density at radius 2 is 1.72 bits per heavy atom. The highest BCUT2D eigenvalue weighted by atomic mass is 35.5. The molecule has 0 aliphatic carbocycles. The van der Waals surface area contributed by atoms with Crippen LogP contribution in [-0.2, 0) is 0 Å². The first kappa shape index (κ1) is 24.5. The molecule has 1 aromatic heterocycles. The van der Waals surface area contributed by atoms with Crippen LogP contribution in [0.4, 0.5) is 11.6 Å². The summed E-state index contributed by atoms with van der Waals surface area (Å²) in [6.45, 7) is 0. The number of anilines is 1. The summed E-state index contributed by atoms with van der Waals surface area (Å²) in [5.74, 6) is 1.14. The fourth-order valence-corrected chi connectivity index (χ4v) is 4.94. The van der Waals surface area contributed by atoms with Crippen LogP contribution in [0.5, 0.6) is 5.75 Å². The number of nitrogens with zero attached hydrogens (tertiary/aromatic N) is 5. The molecule has 0 fully saturated rings. The van der Waals surface area contributed by atoms with Crippen molar-refractivity contribution in [1.82, 2.24) is 9.97 Å². The van der Waals surface area contributed by atoms with E-state index in [4.69, 9.17) is 31.4 Å². The lowest BCUT2D eigenvalue weighted by Crippen LogP contribution is -2.21. The summed E-state index contributed by atoms with van der Waals surface area (Å²) in [5.41, 5.74) is 4.86. The second-order valence-corrected chi connectivity index (χ2v) is 9.53. The standard InChI is InChI=1S/C30H22ClN5O3/c1-39-24-13-10-19(11-14-24)27-18-28(21-8-5-9-23(16-21)36(37)38)35(34-27)30-32-26-15-12-22(31)17-25(26)29(33-30)20-6-3-2-4-7-20/h2-17,28H,18H2,1H3/t28-/m1/s1. The zero-order valence-electron chi connectivity index (χ0n) is 20.9. The molecular weight excluding hydrogens is 514 g/mol. The van der Waals surface area contributed by atoms with Crippen molar-refractivity contribution in [2.24, 2.45) is 5.10 Å². The van der Waals surface area contributed by atoms with E-state index in [1.54, 1.807) is 30.3 Å². The van der Waals surface area contributed by atoms with Gasteiger partial charge in [-0.15, -0.1) is 0 Å². The van der Waals surface area contributed by atoms with Gasteiger partial charge in [-0.2, -0.15) is 5.10 Å². The Balaban J connectivity index is 1.53. The number of benzene rings is 4. The van der Waals surface area contributed by atoms with Gasteiger partial charge in [-0.3, -0.25) is 10.1 Å². The predicted molar refractivity (Wildman–Crippen MR) is 152 cm³/mol. The van der Waals surface area contributed by atoms with Gasteiger partial charge in [0.15, 0.2) is 0 Å². The number of ether oxygens (including phenoxy) is 1. The van der Waals surface area contributed by atoms with Gasteiger partial charge in [-0.1, -0.05) is 54.1 Å². The van der Waals surface area contributed by atoms with Gasteiger partial charge in [0.1, 0.15) is 5.75 Å². The van der Waals surface area contributed by atoms with Gasteiger partial charge in [0.25, 0.3) is 5.69 Å². The van der Waals surface area contributed by atoms with Crippen LogP contribution in [0, 0.1) is 10.1 Å². The van der Waals surface area contributed by atoms with Crippen LogP contribution in [0.15, 0.2) is 102 Å². The molecule has 1 aliphatic heterocycles. The Morgan fingerprint density at radius 1 is 0.923 bits per heavy atom. The minimum Gasteiger partial charge on any atom is -0.497 e. The van der Waals surface area contributed by atoms with Crippen LogP contribution in [0.3, 0.4) is 0 Å². The third-order valence-corrected chi connectivity index (χ3v) is 6.93. The number of halogens is 1. The van der Waals surface area contributed by atoms with Crippen LogP contribution in [0.2, 0.25) is 5.02 Å². The second-order valence-electron chi connectivity index (χ2n) is 9.09. The summed E-state index contributed by atoms with van der Waals surface area (Å²) in [4.78, 5) is 21.0. The lowest BCUT2D eigenvalue weighted by molar-refractivity contribution is -0.384. The predicted octanol–water partition coefficient (Wildman–Crippen LogP) is 7.22. The molecule has 0 unspecified atom stereocenters. The van der Waals surface area contributed by atoms with E-state index >= 15 is 0 Å². The summed E-state index contributed by atoms with van der Waals surface area (Å²) in [5, 5.41) is 19.7. The number of non-ortho nitro benzene ring substituents is 1. The first-order valence-electron chi connectivity index (χ1n) is 12.3. The maximum absolute atomic E-state index is 11.6. The minimum atomic E-state index is -0.391. The molecule has 1 atom stereocenters. The van der Waals surface area contributed by atoms with E-state index in [1.165, 1.54) is 6.07 Å². The topological polar surface area (TPSA) is 93.8 Å². The van der Waals surface area contributed by atoms with Gasteiger partial charge in [0, 0.05) is 34.5 Å². The summed E-state index contributed by atoms with van der Waals surface area (Å²) in [6.07, 6.45) is 0.510. The van der Waals surface area contributed by atoms with E-state index < -0.39 is 4.92 Å². The highest BCUT2D eigenvalue weighted by Gasteiger charge is 2.33. The number of nitro groups is 1. The number of hydrogen-bond donors (Lipinski definition) is 0. The molecule has 8 nitrogen and oxygen atoms in total. The van der Waals surface area contributed by atoms with Crippen LogP contribution in [-0.4, -0.2) is 27.7 Å². The third-order valence-electron chi connectivity index (χ3n) is 6.70. The van der Waals surface area contributed by atoms with Crippen LogP contribution < -0.4 is 9.75 Å². The molecule has 9 heteroatoms. The summed E-state index contributed by atoms with van der Waals surface area (Å²) < 4.78 is 5.31. The van der Waals surface area contributed by atoms with Gasteiger partial charge >= 0.3 is 0 Å². The third kappa shape index (κ3) is 4.78. The summed E-state index contributed by atoms with van der Waals surface area (Å²) in [7, 11) is 1.62. The molecule has 0 spiro atoms. The fraction of sp³-hybridized carbons (Fsp3) is 0.100. The molecule has 0 saturated heterocycles. The number of hydrazone groups is 1. The van der Waals surface area contributed by atoms with Crippen molar-refractivity contribution in [1.29, 1.82) is 0 Å². The Bertz CT molecular complexity index is 1720. The molecule has 6 rings (SSSR count). The average Bonchev–Trinajstić information content (AvgIpc) is 3.43. The SMILES string of the molecule is COc1ccc(C2=NN(c3nc(-c4ccccc4)c4cc(Cl)ccc4n3)[C@@H](c3cccc([N+](=O)[O-])c3)C2)cc1. The van der Waals surface area contributed by atoms with Crippen molar-refractivity contribution >= 4 is 39.9 Å². The molecule has 1 aliphatic rings. The van der Waals surface area contributed by atoms with Crippen LogP contribution in [0.1, 0.15) is 23.6 Å². The van der Waals surface area contributed by atoms with Gasteiger partial charge in [-0.05, 0) is 53.6 Å². The van der Waals surface area contributed by atoms with Crippen molar-refractivity contribution in [3.63, 3.8) is 0 Å². The Kier molecular flexibility index (Phi) is 6.38. The maximum Gasteiger partial charge on any atom is 0.269 e. The van der Waals surface area contributed by atoms with Crippen molar-refractivity contribution < 1.29 is 9.66 Å². The highest BCUT2D eigenvalue weighted by molar-refractivity contribution is 6.31. The van der Waals surface area contributed by atoms with E-state index in [2.05, 4.69) is 0 Å². The number of rotatable bonds is 6. The number of fused-ring (bicyclic) bond motifs is 1. The van der Waals surface area contributed by atoms with Gasteiger partial charge in [0.05, 0.1) is 35.0 Å². The lowest BCUT2D eigenvalue weighted by atomic mass is 9.98. The van der Waals surface area contributed by atoms with Crippen LogP contribution in [0.25, 0.3) is 22.2 Å². The second kappa shape index (κ2) is 10.2. The smallest absolute Gasteiger partial charge is 0.269 e. The molecule has 0 saturated carbocycles. The molecule has 2 heterocycles. The number of hydrogen-bond acceptors (Lipinski definition) is 7. The van der Waals surface area contributed by atoms with Crippen molar-refractivity contribution in [2.45, 2.75) is 12.5 Å². The van der Waals surface area contributed by atoms with E-state index in [0.29, 0.717) is 22.9 Å². The van der Waals surface area contributed by atoms with Gasteiger partial charge < -0.3 is 4.74 Å². The first-order valence-corrected chi connectivity index (χ1v) is 12.7. The zero-order chi connectivity index (χ0) is 26.9. The molecule has 0 bridgehead atoms. The average molecular weight is 536 g/mol. The Morgan fingerprint density at radius 3 is 2.46 bits per heavy atom. The van der Waals surface area contributed by atoms with E-state index in [-0.39, 0.29) is 11.7 Å². The lowest BCUT2D eigenvalue weighted by Gasteiger charge is -2.23. The molecule has 39 heavy (non-hydrogen) atoms. The minimum absolute atomic E-state index is 0.0180. The van der Waals surface area contributed by atoms with Gasteiger partial charge in [0.2, 0.25) is 5.95 Å². The van der Waals surface area contributed by atoms with Crippen molar-refractivity contribution in [3.8, 4) is 17.0 Å². The monoisotopic (exact) mass is 535 g/mol. The normalized spacial score (nSPS) is 14.9. The molecule has 192 valence electrons. The summed E-state index contributed by atoms with van der Waals surface area (Å²) in [6, 6.07) is 29.3. The molecule has 0 N–H and O–H groups in total. The highest BCUT2D eigenvalue weighted by Crippen LogP contribution is 2.39. The molecule has 4 aromatic carbocycles. The number of methoxy groups -OCH3 is 1. The van der Waals surface area contributed by atoms with Crippen molar-refractivity contribution in [3.05, 3.63) is 123 Å². The molecule has 0 amide bonds. The zero-order valence-corrected chi connectivity index (χ0v) is 21.6. The molecule has 5 aromatic rings. The summed E-state index contributed by atoms with van der Waals surface area (Å²) >= 11 is 6.35. The molecular formula is C30H22ClN5O3. The first-order chi connectivity index (χ1) is 19.0. The maximum atomic E-state index is 11.6. The quantitative estimate of drug-likeness (QED) is 0.168. The molecule has 0 radical (unpaired) electrons.